The van der Waals surface area contributed by atoms with Crippen molar-refractivity contribution in [3.8, 4) is 5.75 Å². The minimum atomic E-state index is -1.37. The molecule has 4 rings (SSSR count). The second kappa shape index (κ2) is 6.50. The summed E-state index contributed by atoms with van der Waals surface area (Å²) < 4.78 is 17.1. The fraction of sp³-hybridized carbons (Fsp3) is 0.278. The van der Waals surface area contributed by atoms with Crippen LogP contribution in [0.3, 0.4) is 0 Å². The average Bonchev–Trinajstić information content (AvgIpc) is 3.18. The molecule has 0 saturated carbocycles. The molecule has 2 heterocycles. The summed E-state index contributed by atoms with van der Waals surface area (Å²) in [5.74, 6) is -0.966. The molecule has 130 valence electrons. The second-order valence-electron chi connectivity index (χ2n) is 5.71. The first kappa shape index (κ1) is 16.7. The molecule has 2 aliphatic rings. The van der Waals surface area contributed by atoms with Gasteiger partial charge in [0, 0.05) is 10.6 Å². The van der Waals surface area contributed by atoms with E-state index in [9.17, 15) is 4.79 Å². The van der Waals surface area contributed by atoms with Gasteiger partial charge in [-0.05, 0) is 30.3 Å². The first-order chi connectivity index (χ1) is 12.1. The number of carbonyl (C=O) groups is 1. The maximum absolute atomic E-state index is 13.0. The number of ether oxygens (including phenoxy) is 3. The van der Waals surface area contributed by atoms with Crippen molar-refractivity contribution in [2.75, 3.05) is 31.3 Å². The lowest BCUT2D eigenvalue weighted by Crippen LogP contribution is -2.42. The lowest BCUT2D eigenvalue weighted by atomic mass is 10.1. The van der Waals surface area contributed by atoms with Crippen LogP contribution in [0.4, 0.5) is 5.69 Å². The average molecular weight is 380 g/mol. The van der Waals surface area contributed by atoms with Crippen molar-refractivity contribution in [1.82, 2.24) is 0 Å². The SMILES string of the molecule is O=C1N(CCOc2ccc(Cl)cc2)c2c(Cl)cccc2C12OCCO2. The van der Waals surface area contributed by atoms with Gasteiger partial charge in [0.2, 0.25) is 0 Å². The van der Waals surface area contributed by atoms with Crippen LogP contribution in [-0.2, 0) is 20.1 Å². The Labute approximate surface area is 155 Å². The van der Waals surface area contributed by atoms with Gasteiger partial charge in [-0.2, -0.15) is 0 Å². The van der Waals surface area contributed by atoms with Crippen molar-refractivity contribution in [2.45, 2.75) is 5.79 Å². The number of nitrogens with zero attached hydrogens (tertiary/aromatic N) is 1. The number of fused-ring (bicyclic) bond motifs is 2. The fourth-order valence-electron chi connectivity index (χ4n) is 3.14. The molecule has 0 atom stereocenters. The minimum absolute atomic E-state index is 0.271. The number of para-hydroxylation sites is 1. The van der Waals surface area contributed by atoms with E-state index >= 15 is 0 Å². The van der Waals surface area contributed by atoms with E-state index in [0.29, 0.717) is 53.4 Å². The molecule has 0 bridgehead atoms. The summed E-state index contributed by atoms with van der Waals surface area (Å²) in [6, 6.07) is 12.4. The molecule has 2 aliphatic heterocycles. The first-order valence-corrected chi connectivity index (χ1v) is 8.65. The number of hydrogen-bond donors (Lipinski definition) is 0. The van der Waals surface area contributed by atoms with Crippen LogP contribution in [0.25, 0.3) is 0 Å². The number of carbonyl (C=O) groups excluding carboxylic acids is 1. The van der Waals surface area contributed by atoms with Crippen LogP contribution in [0.2, 0.25) is 10.0 Å². The Morgan fingerprint density at radius 1 is 1.08 bits per heavy atom. The number of rotatable bonds is 4. The number of hydrogen-bond acceptors (Lipinski definition) is 4. The predicted molar refractivity (Wildman–Crippen MR) is 94.3 cm³/mol. The molecule has 0 unspecified atom stereocenters. The summed E-state index contributed by atoms with van der Waals surface area (Å²) in [7, 11) is 0. The first-order valence-electron chi connectivity index (χ1n) is 7.89. The molecule has 1 amide bonds. The zero-order chi connectivity index (χ0) is 17.4. The molecular weight excluding hydrogens is 365 g/mol. The van der Waals surface area contributed by atoms with Gasteiger partial charge in [0.25, 0.3) is 11.7 Å². The maximum atomic E-state index is 13.0. The monoisotopic (exact) mass is 379 g/mol. The number of benzene rings is 2. The van der Waals surface area contributed by atoms with Crippen LogP contribution in [-0.4, -0.2) is 32.3 Å². The van der Waals surface area contributed by atoms with Crippen LogP contribution in [0.15, 0.2) is 42.5 Å². The summed E-state index contributed by atoms with van der Waals surface area (Å²) in [6.45, 7) is 1.36. The zero-order valence-electron chi connectivity index (χ0n) is 13.2. The largest absolute Gasteiger partial charge is 0.492 e. The molecule has 0 aliphatic carbocycles. The highest BCUT2D eigenvalue weighted by molar-refractivity contribution is 6.35. The van der Waals surface area contributed by atoms with E-state index in [4.69, 9.17) is 37.4 Å². The van der Waals surface area contributed by atoms with Crippen LogP contribution < -0.4 is 9.64 Å². The Bertz CT molecular complexity index is 803. The highest BCUT2D eigenvalue weighted by Gasteiger charge is 2.56. The summed E-state index contributed by atoms with van der Waals surface area (Å²) >= 11 is 12.2. The molecule has 5 nitrogen and oxygen atoms in total. The van der Waals surface area contributed by atoms with Crippen LogP contribution in [0, 0.1) is 0 Å². The summed E-state index contributed by atoms with van der Waals surface area (Å²) in [5.41, 5.74) is 1.27. The Morgan fingerprint density at radius 2 is 1.80 bits per heavy atom. The van der Waals surface area contributed by atoms with E-state index in [0.717, 1.165) is 0 Å². The van der Waals surface area contributed by atoms with Gasteiger partial charge < -0.3 is 19.1 Å². The lowest BCUT2D eigenvalue weighted by Gasteiger charge is -2.22. The van der Waals surface area contributed by atoms with Crippen LogP contribution in [0.5, 0.6) is 5.75 Å². The molecule has 25 heavy (non-hydrogen) atoms. The molecular formula is C18H15Cl2NO4. The van der Waals surface area contributed by atoms with E-state index in [1.165, 1.54) is 0 Å². The third-order valence-corrected chi connectivity index (χ3v) is 4.79. The van der Waals surface area contributed by atoms with Gasteiger partial charge in [-0.3, -0.25) is 4.79 Å². The van der Waals surface area contributed by atoms with Gasteiger partial charge in [0.15, 0.2) is 0 Å². The van der Waals surface area contributed by atoms with E-state index in [-0.39, 0.29) is 5.91 Å². The highest BCUT2D eigenvalue weighted by atomic mass is 35.5. The van der Waals surface area contributed by atoms with Gasteiger partial charge in [-0.15, -0.1) is 0 Å². The lowest BCUT2D eigenvalue weighted by molar-refractivity contribution is -0.180. The quantitative estimate of drug-likeness (QED) is 0.813. The molecule has 0 aromatic heterocycles. The predicted octanol–water partition coefficient (Wildman–Crippen LogP) is 3.62. The van der Waals surface area contributed by atoms with Gasteiger partial charge in [-0.25, -0.2) is 0 Å². The van der Waals surface area contributed by atoms with Gasteiger partial charge in [-0.1, -0.05) is 35.3 Å². The Hall–Kier alpha value is -1.79. The normalized spacial score (nSPS) is 18.0. The molecule has 2 aromatic rings. The van der Waals surface area contributed by atoms with Crippen molar-refractivity contribution in [1.29, 1.82) is 0 Å². The molecule has 2 aromatic carbocycles. The van der Waals surface area contributed by atoms with Crippen molar-refractivity contribution in [2.24, 2.45) is 0 Å². The summed E-state index contributed by atoms with van der Waals surface area (Å²) in [5, 5.41) is 1.12. The van der Waals surface area contributed by atoms with Gasteiger partial charge >= 0.3 is 0 Å². The minimum Gasteiger partial charge on any atom is -0.492 e. The molecule has 1 spiro atoms. The maximum Gasteiger partial charge on any atom is 0.292 e. The third kappa shape index (κ3) is 2.77. The smallest absolute Gasteiger partial charge is 0.292 e. The van der Waals surface area contributed by atoms with Crippen LogP contribution in [0.1, 0.15) is 5.56 Å². The highest BCUT2D eigenvalue weighted by Crippen LogP contribution is 2.48. The van der Waals surface area contributed by atoms with Crippen molar-refractivity contribution in [3.63, 3.8) is 0 Å². The molecule has 1 saturated heterocycles. The van der Waals surface area contributed by atoms with Crippen LogP contribution >= 0.6 is 23.2 Å². The van der Waals surface area contributed by atoms with E-state index in [1.54, 1.807) is 41.3 Å². The molecule has 0 N–H and O–H groups in total. The Morgan fingerprint density at radius 3 is 2.52 bits per heavy atom. The molecule has 1 fully saturated rings. The van der Waals surface area contributed by atoms with Gasteiger partial charge in [0.1, 0.15) is 12.4 Å². The third-order valence-electron chi connectivity index (χ3n) is 4.23. The summed E-state index contributed by atoms with van der Waals surface area (Å²) in [6.07, 6.45) is 0. The van der Waals surface area contributed by atoms with Gasteiger partial charge in [0.05, 0.1) is 30.5 Å². The van der Waals surface area contributed by atoms with E-state index < -0.39 is 5.79 Å². The summed E-state index contributed by atoms with van der Waals surface area (Å²) in [4.78, 5) is 14.5. The van der Waals surface area contributed by atoms with E-state index in [2.05, 4.69) is 0 Å². The topological polar surface area (TPSA) is 48.0 Å². The molecule has 7 heteroatoms. The van der Waals surface area contributed by atoms with Crippen molar-refractivity contribution < 1.29 is 19.0 Å². The fourth-order valence-corrected chi connectivity index (χ4v) is 3.54. The number of halogens is 2. The Balaban J connectivity index is 1.56. The van der Waals surface area contributed by atoms with Crippen molar-refractivity contribution in [3.05, 3.63) is 58.1 Å². The Kier molecular flexibility index (Phi) is 4.33. The number of amides is 1. The zero-order valence-corrected chi connectivity index (χ0v) is 14.7. The van der Waals surface area contributed by atoms with E-state index in [1.807, 2.05) is 6.07 Å². The number of anilines is 1. The van der Waals surface area contributed by atoms with Crippen molar-refractivity contribution >= 4 is 34.8 Å². The molecule has 0 radical (unpaired) electrons. The standard InChI is InChI=1S/C18H15Cl2NO4/c19-12-4-6-13(7-5-12)23-9-8-21-16-14(2-1-3-15(16)20)18(17(21)22)24-10-11-25-18/h1-7H,8-11H2. The second-order valence-corrected chi connectivity index (χ2v) is 6.55.